The number of amides is 1. The van der Waals surface area contributed by atoms with Crippen LogP contribution in [0, 0.1) is 6.92 Å². The Balaban J connectivity index is 1.75. The molecular weight excluding hydrogens is 430 g/mol. The number of unbranched alkanes of at least 4 members (excludes halogenated alkanes) is 3. The van der Waals surface area contributed by atoms with Gasteiger partial charge < -0.3 is 10.1 Å². The molecule has 8 heteroatoms. The molecule has 2 aromatic carbocycles. The Morgan fingerprint density at radius 3 is 2.56 bits per heavy atom. The van der Waals surface area contributed by atoms with Gasteiger partial charge in [-0.3, -0.25) is 9.59 Å². The number of ether oxygens (including phenoxy) is 1. The quantitative estimate of drug-likeness (QED) is 0.372. The summed E-state index contributed by atoms with van der Waals surface area (Å²) < 4.78 is 6.51. The number of anilines is 1. The van der Waals surface area contributed by atoms with Crippen molar-refractivity contribution in [1.82, 2.24) is 9.78 Å². The number of fused-ring (bicyclic) bond motifs is 1. The Morgan fingerprint density at radius 1 is 1.09 bits per heavy atom. The van der Waals surface area contributed by atoms with Crippen molar-refractivity contribution in [1.29, 1.82) is 0 Å². The first-order chi connectivity index (χ1) is 15.4. The monoisotopic (exact) mass is 455 g/mol. The molecule has 0 aliphatic carbocycles. The van der Waals surface area contributed by atoms with Gasteiger partial charge in [0.1, 0.15) is 0 Å². The zero-order chi connectivity index (χ0) is 23.1. The zero-order valence-corrected chi connectivity index (χ0v) is 18.9. The molecule has 3 rings (SSSR count). The number of benzene rings is 2. The summed E-state index contributed by atoms with van der Waals surface area (Å²) in [5, 5.41) is 8.06. The number of aromatic nitrogens is 2. The van der Waals surface area contributed by atoms with Crippen LogP contribution in [0.4, 0.5) is 5.69 Å². The third-order valence-electron chi connectivity index (χ3n) is 5.02. The number of rotatable bonds is 9. The lowest BCUT2D eigenvalue weighted by molar-refractivity contribution is -0.119. The highest BCUT2D eigenvalue weighted by atomic mass is 35.5. The standard InChI is InChI=1S/C24H26ClN3O4/c1-3-4-5-8-13-28-23(30)18-10-7-6-9-17(18)22(27-28)24(31)32-15-21(29)26-20-12-11-16(2)14-19(20)25/h6-7,9-12,14H,3-5,8,13,15H2,1-2H3,(H,26,29). The van der Waals surface area contributed by atoms with Gasteiger partial charge >= 0.3 is 5.97 Å². The van der Waals surface area contributed by atoms with E-state index in [-0.39, 0.29) is 11.3 Å². The van der Waals surface area contributed by atoms with Crippen molar-refractivity contribution in [2.24, 2.45) is 0 Å². The Hall–Kier alpha value is -3.19. The summed E-state index contributed by atoms with van der Waals surface area (Å²) in [5.74, 6) is -1.30. The molecule has 0 unspecified atom stereocenters. The van der Waals surface area contributed by atoms with Crippen LogP contribution in [-0.2, 0) is 16.1 Å². The minimum atomic E-state index is -0.770. The van der Waals surface area contributed by atoms with E-state index in [1.807, 2.05) is 13.0 Å². The number of nitrogens with zero attached hydrogens (tertiary/aromatic N) is 2. The van der Waals surface area contributed by atoms with Gasteiger partial charge in [-0.25, -0.2) is 9.48 Å². The number of nitrogens with one attached hydrogen (secondary N) is 1. The van der Waals surface area contributed by atoms with E-state index in [4.69, 9.17) is 16.3 Å². The summed E-state index contributed by atoms with van der Waals surface area (Å²) in [5.41, 5.74) is 1.15. The maximum Gasteiger partial charge on any atom is 0.359 e. The van der Waals surface area contributed by atoms with E-state index in [1.54, 1.807) is 36.4 Å². The van der Waals surface area contributed by atoms with Crippen molar-refractivity contribution >= 4 is 39.9 Å². The Kier molecular flexibility index (Phi) is 8.00. The Morgan fingerprint density at radius 2 is 1.84 bits per heavy atom. The molecule has 0 aliphatic heterocycles. The second-order valence-corrected chi connectivity index (χ2v) is 8.00. The topological polar surface area (TPSA) is 90.3 Å². The molecule has 0 bridgehead atoms. The highest BCUT2D eigenvalue weighted by Gasteiger charge is 2.19. The van der Waals surface area contributed by atoms with Gasteiger partial charge in [-0.2, -0.15) is 5.10 Å². The lowest BCUT2D eigenvalue weighted by atomic mass is 10.1. The number of halogens is 1. The molecule has 3 aromatic rings. The van der Waals surface area contributed by atoms with E-state index in [1.165, 1.54) is 4.68 Å². The third-order valence-corrected chi connectivity index (χ3v) is 5.33. The number of hydrogen-bond donors (Lipinski definition) is 1. The van der Waals surface area contributed by atoms with Crippen LogP contribution in [0.25, 0.3) is 10.8 Å². The summed E-state index contributed by atoms with van der Waals surface area (Å²) in [4.78, 5) is 37.8. The lowest BCUT2D eigenvalue weighted by Gasteiger charge is -2.11. The number of esters is 1. The fourth-order valence-electron chi connectivity index (χ4n) is 3.33. The highest BCUT2D eigenvalue weighted by Crippen LogP contribution is 2.22. The zero-order valence-electron chi connectivity index (χ0n) is 18.2. The molecule has 1 heterocycles. The molecule has 0 aliphatic rings. The van der Waals surface area contributed by atoms with Gasteiger partial charge in [0.25, 0.3) is 11.5 Å². The fourth-order valence-corrected chi connectivity index (χ4v) is 3.62. The summed E-state index contributed by atoms with van der Waals surface area (Å²) in [6.45, 7) is 3.91. The summed E-state index contributed by atoms with van der Waals surface area (Å²) in [6, 6.07) is 12.0. The number of aryl methyl sites for hydroxylation is 2. The molecular formula is C24H26ClN3O4. The van der Waals surface area contributed by atoms with Gasteiger partial charge in [-0.05, 0) is 37.1 Å². The van der Waals surface area contributed by atoms with E-state index in [0.717, 1.165) is 31.2 Å². The molecule has 0 radical (unpaired) electrons. The van der Waals surface area contributed by atoms with Gasteiger partial charge in [0, 0.05) is 11.9 Å². The highest BCUT2D eigenvalue weighted by molar-refractivity contribution is 6.33. The van der Waals surface area contributed by atoms with Gasteiger partial charge in [0.05, 0.1) is 16.1 Å². The molecule has 1 aromatic heterocycles. The number of hydrogen-bond acceptors (Lipinski definition) is 5. The molecule has 0 fully saturated rings. The van der Waals surface area contributed by atoms with Crippen molar-refractivity contribution in [2.45, 2.75) is 46.1 Å². The van der Waals surface area contributed by atoms with E-state index in [9.17, 15) is 14.4 Å². The van der Waals surface area contributed by atoms with Crippen LogP contribution in [0.1, 0.15) is 48.7 Å². The van der Waals surface area contributed by atoms with Crippen molar-refractivity contribution in [3.05, 3.63) is 69.1 Å². The van der Waals surface area contributed by atoms with Gasteiger partial charge in [0.15, 0.2) is 12.3 Å². The summed E-state index contributed by atoms with van der Waals surface area (Å²) in [6.07, 6.45) is 3.90. The van der Waals surface area contributed by atoms with Gasteiger partial charge in [0.2, 0.25) is 0 Å². The minimum Gasteiger partial charge on any atom is -0.451 e. The maximum atomic E-state index is 12.8. The van der Waals surface area contributed by atoms with Crippen LogP contribution in [0.3, 0.4) is 0 Å². The molecule has 0 atom stereocenters. The first-order valence-corrected chi connectivity index (χ1v) is 11.0. The number of carbonyl (C=O) groups is 2. The van der Waals surface area contributed by atoms with E-state index >= 15 is 0 Å². The van der Waals surface area contributed by atoms with Crippen molar-refractivity contribution < 1.29 is 14.3 Å². The fraction of sp³-hybridized carbons (Fsp3) is 0.333. The summed E-state index contributed by atoms with van der Waals surface area (Å²) in [7, 11) is 0. The maximum absolute atomic E-state index is 12.8. The first-order valence-electron chi connectivity index (χ1n) is 10.6. The van der Waals surface area contributed by atoms with Crippen LogP contribution in [-0.4, -0.2) is 28.3 Å². The Bertz CT molecular complexity index is 1190. The largest absolute Gasteiger partial charge is 0.451 e. The molecule has 0 spiro atoms. The predicted octanol–water partition coefficient (Wildman–Crippen LogP) is 4.73. The van der Waals surface area contributed by atoms with Crippen LogP contribution in [0.5, 0.6) is 0 Å². The Labute approximate surface area is 191 Å². The van der Waals surface area contributed by atoms with Crippen molar-refractivity contribution in [3.8, 4) is 0 Å². The van der Waals surface area contributed by atoms with Crippen LogP contribution < -0.4 is 10.9 Å². The second-order valence-electron chi connectivity index (χ2n) is 7.59. The average molecular weight is 456 g/mol. The second kappa shape index (κ2) is 10.9. The van der Waals surface area contributed by atoms with Crippen LogP contribution in [0.2, 0.25) is 5.02 Å². The molecule has 0 saturated heterocycles. The van der Waals surface area contributed by atoms with E-state index < -0.39 is 18.5 Å². The molecule has 0 saturated carbocycles. The number of carbonyl (C=O) groups excluding carboxylic acids is 2. The molecule has 1 N–H and O–H groups in total. The smallest absolute Gasteiger partial charge is 0.359 e. The molecule has 7 nitrogen and oxygen atoms in total. The van der Waals surface area contributed by atoms with E-state index in [2.05, 4.69) is 17.3 Å². The normalized spacial score (nSPS) is 10.8. The van der Waals surface area contributed by atoms with E-state index in [0.29, 0.717) is 28.0 Å². The van der Waals surface area contributed by atoms with Gasteiger partial charge in [-0.15, -0.1) is 0 Å². The third kappa shape index (κ3) is 5.73. The van der Waals surface area contributed by atoms with Crippen molar-refractivity contribution in [2.75, 3.05) is 11.9 Å². The SMILES string of the molecule is CCCCCCn1nc(C(=O)OCC(=O)Nc2ccc(C)cc2Cl)c2ccccc2c1=O. The molecule has 168 valence electrons. The van der Waals surface area contributed by atoms with Gasteiger partial charge in [-0.1, -0.05) is 62.1 Å². The van der Waals surface area contributed by atoms with Crippen molar-refractivity contribution in [3.63, 3.8) is 0 Å². The van der Waals surface area contributed by atoms with Crippen LogP contribution in [0.15, 0.2) is 47.3 Å². The predicted molar refractivity (Wildman–Crippen MR) is 125 cm³/mol. The first kappa shape index (κ1) is 23.5. The minimum absolute atomic E-state index is 0.0110. The average Bonchev–Trinajstić information content (AvgIpc) is 2.78. The molecule has 32 heavy (non-hydrogen) atoms. The van der Waals surface area contributed by atoms with Crippen LogP contribution >= 0.6 is 11.6 Å². The molecule has 1 amide bonds. The summed E-state index contributed by atoms with van der Waals surface area (Å²) >= 11 is 6.13. The lowest BCUT2D eigenvalue weighted by Crippen LogP contribution is -2.28.